The van der Waals surface area contributed by atoms with E-state index in [4.69, 9.17) is 4.42 Å². The van der Waals surface area contributed by atoms with E-state index in [1.165, 1.54) is 12.7 Å². The maximum Gasteiger partial charge on any atom is 0.276 e. The van der Waals surface area contributed by atoms with Crippen LogP contribution in [-0.2, 0) is 21.4 Å². The average Bonchev–Trinajstić information content (AvgIpc) is 3.35. The van der Waals surface area contributed by atoms with Crippen LogP contribution in [0.5, 0.6) is 0 Å². The van der Waals surface area contributed by atoms with Gasteiger partial charge < -0.3 is 9.32 Å². The van der Waals surface area contributed by atoms with Crippen molar-refractivity contribution < 1.29 is 22.4 Å². The molecule has 9 nitrogen and oxygen atoms in total. The fourth-order valence-electron chi connectivity index (χ4n) is 5.21. The summed E-state index contributed by atoms with van der Waals surface area (Å²) in [6.45, 7) is 6.75. The molecule has 10 heteroatoms. The van der Waals surface area contributed by atoms with Crippen molar-refractivity contribution in [3.63, 3.8) is 0 Å². The minimum atomic E-state index is -3.69. The molecule has 0 bridgehead atoms. The van der Waals surface area contributed by atoms with Crippen molar-refractivity contribution >= 4 is 21.8 Å². The van der Waals surface area contributed by atoms with Crippen molar-refractivity contribution in [1.29, 1.82) is 0 Å². The molecule has 4 heterocycles. The highest BCUT2D eigenvalue weighted by Crippen LogP contribution is 2.41. The van der Waals surface area contributed by atoms with Crippen molar-refractivity contribution in [2.24, 2.45) is 11.8 Å². The summed E-state index contributed by atoms with van der Waals surface area (Å²) >= 11 is 0. The Labute approximate surface area is 177 Å². The third kappa shape index (κ3) is 3.75. The van der Waals surface area contributed by atoms with Gasteiger partial charge >= 0.3 is 0 Å². The lowest BCUT2D eigenvalue weighted by Crippen LogP contribution is -2.44. The van der Waals surface area contributed by atoms with Crippen LogP contribution in [-0.4, -0.2) is 77.3 Å². The number of piperidine rings is 1. The minimum Gasteiger partial charge on any atom is -0.447 e. The first-order valence-corrected chi connectivity index (χ1v) is 12.5. The van der Waals surface area contributed by atoms with Gasteiger partial charge in [0, 0.05) is 6.54 Å². The number of fused-ring (bicyclic) bond motifs is 1. The van der Waals surface area contributed by atoms with Crippen molar-refractivity contribution in [3.05, 3.63) is 17.8 Å². The molecule has 0 aliphatic carbocycles. The fourth-order valence-corrected chi connectivity index (χ4v) is 6.38. The minimum absolute atomic E-state index is 0.0860. The van der Waals surface area contributed by atoms with Crippen molar-refractivity contribution in [1.82, 2.24) is 19.1 Å². The van der Waals surface area contributed by atoms with Crippen LogP contribution in [0.1, 0.15) is 55.9 Å². The quantitative estimate of drug-likeness (QED) is 0.683. The molecule has 3 aliphatic rings. The molecular weight excluding hydrogens is 408 g/mol. The summed E-state index contributed by atoms with van der Waals surface area (Å²) in [5, 5.41) is 0. The molecule has 1 aromatic heterocycles. The predicted molar refractivity (Wildman–Crippen MR) is 109 cm³/mol. The summed E-state index contributed by atoms with van der Waals surface area (Å²) in [6, 6.07) is -0.981. The van der Waals surface area contributed by atoms with E-state index in [9.17, 15) is 18.0 Å². The Balaban J connectivity index is 1.54. The molecule has 3 fully saturated rings. The third-order valence-electron chi connectivity index (χ3n) is 6.51. The molecule has 4 rings (SSSR count). The summed E-state index contributed by atoms with van der Waals surface area (Å²) in [5.74, 6) is -0.833. The third-order valence-corrected chi connectivity index (χ3v) is 7.67. The van der Waals surface area contributed by atoms with Gasteiger partial charge in [-0.1, -0.05) is 20.3 Å². The van der Waals surface area contributed by atoms with E-state index in [0.717, 1.165) is 36.5 Å². The molecule has 3 aliphatic heterocycles. The smallest absolute Gasteiger partial charge is 0.276 e. The maximum atomic E-state index is 13.2. The zero-order valence-electron chi connectivity index (χ0n) is 17.8. The van der Waals surface area contributed by atoms with Gasteiger partial charge in [0.1, 0.15) is 6.26 Å². The summed E-state index contributed by atoms with van der Waals surface area (Å²) in [6.07, 6.45) is 6.43. The summed E-state index contributed by atoms with van der Waals surface area (Å²) in [7, 11) is -3.69. The second-order valence-corrected chi connectivity index (χ2v) is 10.8. The molecule has 0 spiro atoms. The SMILES string of the molecule is CC(C)[C@H]1C(=O)N(S(C)(=O)=O)[C@H]2CCN(C(=O)c3coc(CN4CCCCC4)n3)[C@H]12. The van der Waals surface area contributed by atoms with Crippen LogP contribution in [0.2, 0.25) is 0 Å². The van der Waals surface area contributed by atoms with Crippen LogP contribution >= 0.6 is 0 Å². The fraction of sp³-hybridized carbons (Fsp3) is 0.750. The topological polar surface area (TPSA) is 104 Å². The summed E-state index contributed by atoms with van der Waals surface area (Å²) < 4.78 is 31.1. The number of aromatic nitrogens is 1. The van der Waals surface area contributed by atoms with Gasteiger partial charge in [-0.25, -0.2) is 17.7 Å². The Morgan fingerprint density at radius 1 is 1.23 bits per heavy atom. The first-order chi connectivity index (χ1) is 14.2. The molecule has 0 unspecified atom stereocenters. The molecule has 2 amide bonds. The lowest BCUT2D eigenvalue weighted by Gasteiger charge is -2.28. The van der Waals surface area contributed by atoms with Gasteiger partial charge in [-0.15, -0.1) is 0 Å². The number of likely N-dealkylation sites (tertiary alicyclic amines) is 2. The number of amides is 2. The number of hydrogen-bond donors (Lipinski definition) is 0. The van der Waals surface area contributed by atoms with Crippen LogP contribution in [0.3, 0.4) is 0 Å². The Bertz CT molecular complexity index is 921. The lowest BCUT2D eigenvalue weighted by molar-refractivity contribution is -0.129. The molecule has 0 radical (unpaired) electrons. The van der Waals surface area contributed by atoms with Crippen molar-refractivity contribution in [3.8, 4) is 0 Å². The first-order valence-electron chi connectivity index (χ1n) is 10.7. The highest BCUT2D eigenvalue weighted by Gasteiger charge is 2.58. The number of carbonyl (C=O) groups is 2. The Hall–Kier alpha value is -1.94. The van der Waals surface area contributed by atoms with Crippen molar-refractivity contribution in [2.75, 3.05) is 25.9 Å². The molecule has 0 aromatic carbocycles. The molecule has 1 aromatic rings. The van der Waals surface area contributed by atoms with Gasteiger partial charge in [0.15, 0.2) is 5.69 Å². The zero-order chi connectivity index (χ0) is 21.6. The standard InChI is InChI=1S/C20H30N4O5S/c1-13(2)17-18-15(24(20(17)26)30(3,27)28)7-10-23(18)19(25)14-12-29-16(21-14)11-22-8-5-4-6-9-22/h12-13,15,17-18H,4-11H2,1-3H3/t15-,17+,18-/m0/s1. The van der Waals surface area contributed by atoms with Crippen LogP contribution in [0.4, 0.5) is 0 Å². The van der Waals surface area contributed by atoms with E-state index >= 15 is 0 Å². The lowest BCUT2D eigenvalue weighted by atomic mass is 9.88. The molecule has 3 saturated heterocycles. The predicted octanol–water partition coefficient (Wildman–Crippen LogP) is 1.32. The van der Waals surface area contributed by atoms with Gasteiger partial charge in [-0.05, 0) is 38.3 Å². The van der Waals surface area contributed by atoms with E-state index in [1.807, 2.05) is 13.8 Å². The Morgan fingerprint density at radius 2 is 1.93 bits per heavy atom. The van der Waals surface area contributed by atoms with Gasteiger partial charge in [-0.2, -0.15) is 0 Å². The number of hydrogen-bond acceptors (Lipinski definition) is 7. The van der Waals surface area contributed by atoms with Gasteiger partial charge in [0.05, 0.1) is 30.8 Å². The van der Waals surface area contributed by atoms with E-state index in [-0.39, 0.29) is 17.5 Å². The van der Waals surface area contributed by atoms with Gasteiger partial charge in [0.2, 0.25) is 21.8 Å². The molecule has 166 valence electrons. The van der Waals surface area contributed by atoms with Crippen LogP contribution in [0.25, 0.3) is 0 Å². The Kier molecular flexibility index (Phi) is 5.65. The monoisotopic (exact) mass is 438 g/mol. The summed E-state index contributed by atoms with van der Waals surface area (Å²) in [4.78, 5) is 34.4. The van der Waals surface area contributed by atoms with E-state index in [1.54, 1.807) is 4.90 Å². The van der Waals surface area contributed by atoms with E-state index in [2.05, 4.69) is 9.88 Å². The second-order valence-electron chi connectivity index (χ2n) is 8.98. The molecule has 0 N–H and O–H groups in total. The normalized spacial score (nSPS) is 27.9. The van der Waals surface area contributed by atoms with Gasteiger partial charge in [-0.3, -0.25) is 14.5 Å². The molecular formula is C20H30N4O5S. The molecule has 0 saturated carbocycles. The van der Waals surface area contributed by atoms with E-state index < -0.39 is 33.9 Å². The van der Waals surface area contributed by atoms with Crippen LogP contribution < -0.4 is 0 Å². The molecule has 3 atom stereocenters. The van der Waals surface area contributed by atoms with Gasteiger partial charge in [0.25, 0.3) is 5.91 Å². The number of carbonyl (C=O) groups excluding carboxylic acids is 2. The maximum absolute atomic E-state index is 13.2. The number of rotatable bonds is 5. The highest BCUT2D eigenvalue weighted by atomic mass is 32.2. The number of nitrogens with zero attached hydrogens (tertiary/aromatic N) is 4. The summed E-state index contributed by atoms with van der Waals surface area (Å²) in [5.41, 5.74) is 0.218. The Morgan fingerprint density at radius 3 is 2.57 bits per heavy atom. The zero-order valence-corrected chi connectivity index (χ0v) is 18.6. The molecule has 30 heavy (non-hydrogen) atoms. The van der Waals surface area contributed by atoms with Crippen LogP contribution in [0.15, 0.2) is 10.7 Å². The van der Waals surface area contributed by atoms with E-state index in [0.29, 0.717) is 25.4 Å². The second kappa shape index (κ2) is 7.96. The van der Waals surface area contributed by atoms with Crippen LogP contribution in [0, 0.1) is 11.8 Å². The first kappa shape index (κ1) is 21.3. The number of oxazole rings is 1. The largest absolute Gasteiger partial charge is 0.447 e. The number of sulfonamides is 1. The van der Waals surface area contributed by atoms with Crippen molar-refractivity contribution in [2.45, 2.75) is 58.2 Å². The average molecular weight is 439 g/mol. The highest BCUT2D eigenvalue weighted by molar-refractivity contribution is 7.88.